The molecular weight excluding hydrogens is 240 g/mol. The van der Waals surface area contributed by atoms with E-state index >= 15 is 0 Å². The summed E-state index contributed by atoms with van der Waals surface area (Å²) in [4.78, 5) is 11.0. The first-order chi connectivity index (χ1) is 9.24. The van der Waals surface area contributed by atoms with E-state index in [1.807, 2.05) is 0 Å². The van der Waals surface area contributed by atoms with Gasteiger partial charge in [0.25, 0.3) is 0 Å². The van der Waals surface area contributed by atoms with Gasteiger partial charge in [-0.3, -0.25) is 0 Å². The minimum absolute atomic E-state index is 0.873. The zero-order valence-corrected chi connectivity index (χ0v) is 12.1. The minimum atomic E-state index is 0.873. The number of hydrogen-bond acceptors (Lipinski definition) is 6. The van der Waals surface area contributed by atoms with Crippen LogP contribution in [-0.4, -0.2) is 59.6 Å². The number of hydrogen-bond donors (Lipinski definition) is 2. The number of likely N-dealkylation sites (N-methyl/N-ethyl adjacent to an activating group) is 1. The molecule has 2 rings (SSSR count). The predicted octanol–water partition coefficient (Wildman–Crippen LogP) is 1.05. The summed E-state index contributed by atoms with van der Waals surface area (Å²) >= 11 is 0. The van der Waals surface area contributed by atoms with Crippen molar-refractivity contribution in [3.05, 3.63) is 11.9 Å². The van der Waals surface area contributed by atoms with E-state index in [1.54, 1.807) is 6.33 Å². The Balaban J connectivity index is 2.08. The van der Waals surface area contributed by atoms with Crippen LogP contribution in [0.2, 0.25) is 0 Å². The molecule has 0 aliphatic carbocycles. The lowest BCUT2D eigenvalue weighted by Crippen LogP contribution is -2.47. The second kappa shape index (κ2) is 6.68. The average Bonchev–Trinajstić information content (AvgIpc) is 2.42. The molecule has 0 bridgehead atoms. The maximum Gasteiger partial charge on any atom is 0.149 e. The second-order valence-electron chi connectivity index (χ2n) is 4.84. The molecule has 0 saturated carbocycles. The van der Waals surface area contributed by atoms with Crippen molar-refractivity contribution in [3.63, 3.8) is 0 Å². The maximum absolute atomic E-state index is 4.39. The number of anilines is 2. The van der Waals surface area contributed by atoms with Crippen LogP contribution in [0, 0.1) is 0 Å². The molecule has 0 atom stereocenters. The van der Waals surface area contributed by atoms with Gasteiger partial charge in [-0.2, -0.15) is 0 Å². The quantitative estimate of drug-likeness (QED) is 0.829. The fraction of sp³-hybridized carbons (Fsp3) is 0.692. The van der Waals surface area contributed by atoms with Crippen LogP contribution in [0.15, 0.2) is 6.33 Å². The van der Waals surface area contributed by atoms with Crippen molar-refractivity contribution >= 4 is 11.6 Å². The van der Waals surface area contributed by atoms with Crippen LogP contribution in [0.5, 0.6) is 0 Å². The van der Waals surface area contributed by atoms with Gasteiger partial charge in [0.05, 0.1) is 0 Å². The van der Waals surface area contributed by atoms with Gasteiger partial charge >= 0.3 is 0 Å². The molecule has 6 nitrogen and oxygen atoms in total. The van der Waals surface area contributed by atoms with E-state index in [0.717, 1.165) is 56.3 Å². The molecule has 1 saturated heterocycles. The van der Waals surface area contributed by atoms with Crippen molar-refractivity contribution in [1.82, 2.24) is 19.9 Å². The van der Waals surface area contributed by atoms with E-state index in [4.69, 9.17) is 0 Å². The summed E-state index contributed by atoms with van der Waals surface area (Å²) in [6.45, 7) is 9.28. The van der Waals surface area contributed by atoms with Gasteiger partial charge in [-0.25, -0.2) is 15.0 Å². The zero-order valence-electron chi connectivity index (χ0n) is 12.1. The maximum atomic E-state index is 4.39. The highest BCUT2D eigenvalue weighted by molar-refractivity contribution is 5.56. The molecular formula is C13H24N6. The molecule has 1 aliphatic rings. The number of nitrogens with zero attached hydrogens (tertiary/aromatic N) is 4. The Kier molecular flexibility index (Phi) is 4.93. The Bertz CT molecular complexity index is 400. The molecule has 2 N–H and O–H groups in total. The molecule has 106 valence electrons. The number of hydrazine groups is 1. The number of nitrogens with one attached hydrogen (secondary N) is 2. The molecule has 1 fully saturated rings. The smallest absolute Gasteiger partial charge is 0.149 e. The van der Waals surface area contributed by atoms with Crippen LogP contribution >= 0.6 is 0 Å². The number of rotatable bonds is 5. The third kappa shape index (κ3) is 3.54. The summed E-state index contributed by atoms with van der Waals surface area (Å²) in [5.74, 6) is 1.87. The van der Waals surface area contributed by atoms with Gasteiger partial charge in [0.15, 0.2) is 0 Å². The molecule has 0 radical (unpaired) electrons. The number of aromatic nitrogens is 2. The van der Waals surface area contributed by atoms with Crippen LogP contribution in [0.25, 0.3) is 0 Å². The Labute approximate surface area is 115 Å². The topological polar surface area (TPSA) is 56.3 Å². The van der Waals surface area contributed by atoms with Gasteiger partial charge in [0, 0.05) is 38.3 Å². The summed E-state index contributed by atoms with van der Waals surface area (Å²) < 4.78 is 0. The SMILES string of the molecule is CCNc1ncnc(NN2CCN(C)CC2)c1CC. The van der Waals surface area contributed by atoms with Crippen LogP contribution in [0.1, 0.15) is 19.4 Å². The minimum Gasteiger partial charge on any atom is -0.370 e. The Morgan fingerprint density at radius 2 is 1.79 bits per heavy atom. The van der Waals surface area contributed by atoms with E-state index in [-0.39, 0.29) is 0 Å². The first-order valence-corrected chi connectivity index (χ1v) is 7.02. The van der Waals surface area contributed by atoms with Gasteiger partial charge < -0.3 is 15.6 Å². The normalized spacial score (nSPS) is 17.4. The summed E-state index contributed by atoms with van der Waals surface area (Å²) in [7, 11) is 2.16. The highest BCUT2D eigenvalue weighted by atomic mass is 15.5. The lowest BCUT2D eigenvalue weighted by Gasteiger charge is -2.33. The summed E-state index contributed by atoms with van der Waals surface area (Å²) in [6.07, 6.45) is 2.54. The van der Waals surface area contributed by atoms with Crippen molar-refractivity contribution in [2.24, 2.45) is 0 Å². The third-order valence-corrected chi connectivity index (χ3v) is 3.41. The molecule has 6 heteroatoms. The van der Waals surface area contributed by atoms with Gasteiger partial charge in [-0.15, -0.1) is 0 Å². The van der Waals surface area contributed by atoms with Crippen molar-refractivity contribution < 1.29 is 0 Å². The van der Waals surface area contributed by atoms with Gasteiger partial charge in [0.2, 0.25) is 0 Å². The second-order valence-corrected chi connectivity index (χ2v) is 4.84. The highest BCUT2D eigenvalue weighted by Gasteiger charge is 2.16. The largest absolute Gasteiger partial charge is 0.370 e. The van der Waals surface area contributed by atoms with Gasteiger partial charge in [-0.1, -0.05) is 6.92 Å². The summed E-state index contributed by atoms with van der Waals surface area (Å²) in [5.41, 5.74) is 4.59. The van der Waals surface area contributed by atoms with Crippen LogP contribution in [0.4, 0.5) is 11.6 Å². The van der Waals surface area contributed by atoms with E-state index in [2.05, 4.69) is 51.5 Å². The highest BCUT2D eigenvalue weighted by Crippen LogP contribution is 2.21. The molecule has 0 amide bonds. The Hall–Kier alpha value is -1.40. The van der Waals surface area contributed by atoms with E-state index < -0.39 is 0 Å². The van der Waals surface area contributed by atoms with E-state index in [9.17, 15) is 0 Å². The Morgan fingerprint density at radius 3 is 2.42 bits per heavy atom. The molecule has 1 aromatic heterocycles. The summed E-state index contributed by atoms with van der Waals surface area (Å²) in [5, 5.41) is 5.53. The fourth-order valence-electron chi connectivity index (χ4n) is 2.23. The summed E-state index contributed by atoms with van der Waals surface area (Å²) in [6, 6.07) is 0. The lowest BCUT2D eigenvalue weighted by molar-refractivity contribution is 0.178. The molecule has 1 aliphatic heterocycles. The molecule has 1 aromatic rings. The predicted molar refractivity (Wildman–Crippen MR) is 78.3 cm³/mol. The number of piperazine rings is 1. The Morgan fingerprint density at radius 1 is 1.11 bits per heavy atom. The third-order valence-electron chi connectivity index (χ3n) is 3.41. The van der Waals surface area contributed by atoms with Crippen LogP contribution < -0.4 is 10.7 Å². The van der Waals surface area contributed by atoms with Gasteiger partial charge in [-0.05, 0) is 20.4 Å². The average molecular weight is 264 g/mol. The van der Waals surface area contributed by atoms with Gasteiger partial charge in [0.1, 0.15) is 18.0 Å². The first-order valence-electron chi connectivity index (χ1n) is 7.02. The van der Waals surface area contributed by atoms with E-state index in [0.29, 0.717) is 0 Å². The van der Waals surface area contributed by atoms with E-state index in [1.165, 1.54) is 0 Å². The van der Waals surface area contributed by atoms with Crippen molar-refractivity contribution in [2.45, 2.75) is 20.3 Å². The van der Waals surface area contributed by atoms with Crippen LogP contribution in [-0.2, 0) is 6.42 Å². The molecule has 19 heavy (non-hydrogen) atoms. The molecule has 0 aromatic carbocycles. The molecule has 0 unspecified atom stereocenters. The fourth-order valence-corrected chi connectivity index (χ4v) is 2.23. The van der Waals surface area contributed by atoms with Crippen molar-refractivity contribution in [2.75, 3.05) is 50.5 Å². The monoisotopic (exact) mass is 264 g/mol. The van der Waals surface area contributed by atoms with Crippen molar-refractivity contribution in [1.29, 1.82) is 0 Å². The lowest BCUT2D eigenvalue weighted by atomic mass is 10.2. The molecule has 0 spiro atoms. The van der Waals surface area contributed by atoms with Crippen LogP contribution in [0.3, 0.4) is 0 Å². The molecule has 2 heterocycles. The first kappa shape index (κ1) is 14.0. The van der Waals surface area contributed by atoms with Crippen molar-refractivity contribution in [3.8, 4) is 0 Å². The standard InChI is InChI=1S/C13H24N6/c1-4-11-12(14-5-2)15-10-16-13(11)17-19-8-6-18(3)7-9-19/h10H,4-9H2,1-3H3,(H2,14,15,16,17). The zero-order chi connectivity index (χ0) is 13.7.